The van der Waals surface area contributed by atoms with Gasteiger partial charge in [-0.25, -0.2) is 0 Å². The molecule has 3 nitrogen and oxygen atoms in total. The zero-order valence-electron chi connectivity index (χ0n) is 6.89. The summed E-state index contributed by atoms with van der Waals surface area (Å²) in [5.41, 5.74) is 0. The van der Waals surface area contributed by atoms with E-state index in [-0.39, 0.29) is 29.9 Å². The Balaban J connectivity index is 2.68. The van der Waals surface area contributed by atoms with E-state index in [1.54, 1.807) is 0 Å². The average Bonchev–Trinajstić information content (AvgIpc) is 2.05. The number of ketones is 1. The van der Waals surface area contributed by atoms with Crippen LogP contribution in [0.4, 0.5) is 0 Å². The molecule has 0 bridgehead atoms. The lowest BCUT2D eigenvalue weighted by atomic mass is 9.92. The molecule has 1 N–H and O–H groups in total. The van der Waals surface area contributed by atoms with Crippen molar-refractivity contribution in [2.24, 2.45) is 11.8 Å². The Hall–Kier alpha value is -0.860. The molecule has 1 amide bonds. The summed E-state index contributed by atoms with van der Waals surface area (Å²) >= 11 is 0. The summed E-state index contributed by atoms with van der Waals surface area (Å²) in [5, 5.41) is 2.70. The van der Waals surface area contributed by atoms with Crippen LogP contribution >= 0.6 is 0 Å². The highest BCUT2D eigenvalue weighted by Crippen LogP contribution is 2.15. The summed E-state index contributed by atoms with van der Waals surface area (Å²) in [6.45, 7) is 4.49. The molecule has 0 saturated carbocycles. The van der Waals surface area contributed by atoms with E-state index < -0.39 is 0 Å². The molecule has 2 atom stereocenters. The minimum absolute atomic E-state index is 0.0222. The van der Waals surface area contributed by atoms with Gasteiger partial charge < -0.3 is 5.32 Å². The first kappa shape index (κ1) is 8.24. The fraction of sp³-hybridized carbons (Fsp3) is 0.750. The molecule has 0 radical (unpaired) electrons. The van der Waals surface area contributed by atoms with Gasteiger partial charge in [0, 0.05) is 12.5 Å². The summed E-state index contributed by atoms with van der Waals surface area (Å²) in [7, 11) is 0. The predicted octanol–water partition coefficient (Wildman–Crippen LogP) is 0.348. The lowest BCUT2D eigenvalue weighted by Gasteiger charge is -2.12. The van der Waals surface area contributed by atoms with E-state index in [1.165, 1.54) is 0 Å². The summed E-state index contributed by atoms with van der Waals surface area (Å²) in [5.74, 6) is 0.224. The lowest BCUT2D eigenvalue weighted by molar-refractivity contribution is -0.128. The van der Waals surface area contributed by atoms with Gasteiger partial charge >= 0.3 is 0 Å². The van der Waals surface area contributed by atoms with E-state index in [1.807, 2.05) is 13.8 Å². The van der Waals surface area contributed by atoms with Gasteiger partial charge in [0.2, 0.25) is 5.91 Å². The Morgan fingerprint density at radius 1 is 1.36 bits per heavy atom. The maximum absolute atomic E-state index is 11.2. The highest BCUT2D eigenvalue weighted by atomic mass is 16.2. The minimum atomic E-state index is -0.133. The number of carbonyl (C=O) groups is 2. The molecule has 0 aromatic heterocycles. The van der Waals surface area contributed by atoms with Crippen LogP contribution in [-0.2, 0) is 9.59 Å². The maximum atomic E-state index is 11.2. The highest BCUT2D eigenvalue weighted by Gasteiger charge is 2.25. The van der Waals surface area contributed by atoms with Crippen LogP contribution in [0, 0.1) is 11.8 Å². The lowest BCUT2D eigenvalue weighted by Crippen LogP contribution is -2.25. The van der Waals surface area contributed by atoms with E-state index in [2.05, 4.69) is 5.32 Å². The Morgan fingerprint density at radius 2 is 2.00 bits per heavy atom. The van der Waals surface area contributed by atoms with Gasteiger partial charge in [-0.05, 0) is 5.92 Å². The van der Waals surface area contributed by atoms with Crippen molar-refractivity contribution in [3.05, 3.63) is 0 Å². The second-order valence-corrected chi connectivity index (χ2v) is 3.21. The summed E-state index contributed by atoms with van der Waals surface area (Å²) in [6, 6.07) is 0. The Kier molecular flexibility index (Phi) is 2.27. The van der Waals surface area contributed by atoms with Crippen molar-refractivity contribution in [3.63, 3.8) is 0 Å². The van der Waals surface area contributed by atoms with Crippen molar-refractivity contribution in [2.75, 3.05) is 6.54 Å². The van der Waals surface area contributed by atoms with E-state index in [0.29, 0.717) is 6.54 Å². The molecule has 1 saturated heterocycles. The Morgan fingerprint density at radius 3 is 2.64 bits per heavy atom. The predicted molar refractivity (Wildman–Crippen MR) is 41.0 cm³/mol. The van der Waals surface area contributed by atoms with Crippen LogP contribution < -0.4 is 5.32 Å². The first-order valence-corrected chi connectivity index (χ1v) is 3.90. The van der Waals surface area contributed by atoms with E-state index >= 15 is 0 Å². The zero-order chi connectivity index (χ0) is 8.43. The Labute approximate surface area is 66.2 Å². The quantitative estimate of drug-likeness (QED) is 0.513. The normalized spacial score (nSPS) is 32.9. The minimum Gasteiger partial charge on any atom is -0.355 e. The number of rotatable bonds is 0. The number of Topliss-reactive ketones (excluding diaryl/α,β-unsaturated/α-hetero) is 1. The second kappa shape index (κ2) is 3.03. The number of carbonyl (C=O) groups excluding carboxylic acids is 2. The summed E-state index contributed by atoms with van der Waals surface area (Å²) in [6.07, 6.45) is 0.0610. The van der Waals surface area contributed by atoms with E-state index in [4.69, 9.17) is 0 Å². The number of hydrogen-bond acceptors (Lipinski definition) is 2. The largest absolute Gasteiger partial charge is 0.355 e. The Bertz CT molecular complexity index is 189. The first-order valence-electron chi connectivity index (χ1n) is 3.90. The van der Waals surface area contributed by atoms with Crippen LogP contribution in [0.3, 0.4) is 0 Å². The second-order valence-electron chi connectivity index (χ2n) is 3.21. The van der Waals surface area contributed by atoms with Gasteiger partial charge in [0.15, 0.2) is 0 Å². The van der Waals surface area contributed by atoms with Crippen LogP contribution in [0.2, 0.25) is 0 Å². The molecule has 3 heteroatoms. The molecule has 1 heterocycles. The summed E-state index contributed by atoms with van der Waals surface area (Å²) in [4.78, 5) is 22.0. The van der Waals surface area contributed by atoms with Gasteiger partial charge in [0.25, 0.3) is 0 Å². The monoisotopic (exact) mass is 155 g/mol. The van der Waals surface area contributed by atoms with Crippen molar-refractivity contribution in [1.82, 2.24) is 5.32 Å². The fourth-order valence-corrected chi connectivity index (χ4v) is 1.15. The summed E-state index contributed by atoms with van der Waals surface area (Å²) < 4.78 is 0. The topological polar surface area (TPSA) is 46.2 Å². The van der Waals surface area contributed by atoms with Gasteiger partial charge in [-0.1, -0.05) is 13.8 Å². The first-order chi connectivity index (χ1) is 5.11. The van der Waals surface area contributed by atoms with Crippen LogP contribution in [0.15, 0.2) is 0 Å². The third kappa shape index (κ3) is 1.79. The molecule has 2 unspecified atom stereocenters. The molecular formula is C8H13NO2. The van der Waals surface area contributed by atoms with Crippen LogP contribution in [-0.4, -0.2) is 18.2 Å². The van der Waals surface area contributed by atoms with Crippen molar-refractivity contribution in [3.8, 4) is 0 Å². The average molecular weight is 155 g/mol. The standard InChI is InChI=1S/C8H13NO2/c1-5-4-9-8(11)3-7(10)6(5)2/h5-6H,3-4H2,1-2H3,(H,9,11). The van der Waals surface area contributed by atoms with Gasteiger partial charge in [0.05, 0.1) is 6.42 Å². The van der Waals surface area contributed by atoms with Crippen molar-refractivity contribution in [2.45, 2.75) is 20.3 Å². The van der Waals surface area contributed by atoms with Crippen LogP contribution in [0.5, 0.6) is 0 Å². The molecule has 0 aromatic carbocycles. The zero-order valence-corrected chi connectivity index (χ0v) is 6.89. The van der Waals surface area contributed by atoms with Crippen LogP contribution in [0.25, 0.3) is 0 Å². The highest BCUT2D eigenvalue weighted by molar-refractivity contribution is 5.99. The van der Waals surface area contributed by atoms with E-state index in [9.17, 15) is 9.59 Å². The molecule has 1 fully saturated rings. The van der Waals surface area contributed by atoms with Crippen LogP contribution in [0.1, 0.15) is 20.3 Å². The molecule has 1 aliphatic heterocycles. The molecule has 0 aliphatic carbocycles. The molecule has 0 aromatic rings. The third-order valence-corrected chi connectivity index (χ3v) is 2.32. The van der Waals surface area contributed by atoms with Gasteiger partial charge in [0.1, 0.15) is 5.78 Å². The number of nitrogens with one attached hydrogen (secondary N) is 1. The smallest absolute Gasteiger partial charge is 0.227 e. The molecule has 1 rings (SSSR count). The number of hydrogen-bond donors (Lipinski definition) is 1. The van der Waals surface area contributed by atoms with Gasteiger partial charge in [-0.2, -0.15) is 0 Å². The fourth-order valence-electron chi connectivity index (χ4n) is 1.15. The molecule has 0 spiro atoms. The van der Waals surface area contributed by atoms with Gasteiger partial charge in [-0.15, -0.1) is 0 Å². The van der Waals surface area contributed by atoms with Crippen molar-refractivity contribution >= 4 is 11.7 Å². The molecule has 62 valence electrons. The van der Waals surface area contributed by atoms with Crippen molar-refractivity contribution in [1.29, 1.82) is 0 Å². The SMILES string of the molecule is CC1CNC(=O)CC(=O)C1C. The molecule has 1 aliphatic rings. The number of amides is 1. The van der Waals surface area contributed by atoms with Crippen molar-refractivity contribution < 1.29 is 9.59 Å². The third-order valence-electron chi connectivity index (χ3n) is 2.32. The maximum Gasteiger partial charge on any atom is 0.227 e. The molecule has 11 heavy (non-hydrogen) atoms. The molecular weight excluding hydrogens is 142 g/mol. The van der Waals surface area contributed by atoms with Gasteiger partial charge in [-0.3, -0.25) is 9.59 Å². The van der Waals surface area contributed by atoms with E-state index in [0.717, 1.165) is 0 Å².